The van der Waals surface area contributed by atoms with Gasteiger partial charge in [-0.1, -0.05) is 0 Å². The Morgan fingerprint density at radius 2 is 1.88 bits per heavy atom. The van der Waals surface area contributed by atoms with Crippen molar-refractivity contribution in [1.82, 2.24) is 10.2 Å². The lowest BCUT2D eigenvalue weighted by molar-refractivity contribution is -0.136. The molecule has 0 bridgehead atoms. The first-order chi connectivity index (χ1) is 8.08. The van der Waals surface area contributed by atoms with Crippen molar-refractivity contribution in [3.05, 3.63) is 46.0 Å². The summed E-state index contributed by atoms with van der Waals surface area (Å²) in [6.07, 6.45) is -0.383. The van der Waals surface area contributed by atoms with Crippen LogP contribution in [-0.4, -0.2) is 21.3 Å². The van der Waals surface area contributed by atoms with Crippen LogP contribution in [0, 0.1) is 5.82 Å². The Labute approximate surface area is 94.9 Å². The molecule has 1 aromatic carbocycles. The van der Waals surface area contributed by atoms with Crippen molar-refractivity contribution in [3.8, 4) is 11.3 Å². The van der Waals surface area contributed by atoms with Crippen molar-refractivity contribution in [3.63, 3.8) is 0 Å². The second kappa shape index (κ2) is 4.25. The van der Waals surface area contributed by atoms with Gasteiger partial charge in [-0.15, -0.1) is 0 Å². The number of aliphatic carboxylic acids is 1. The van der Waals surface area contributed by atoms with E-state index < -0.39 is 17.3 Å². The molecule has 0 aliphatic rings. The number of carboxylic acid groups (broad SMARTS) is 1. The van der Waals surface area contributed by atoms with E-state index in [1.807, 2.05) is 0 Å². The van der Waals surface area contributed by atoms with Crippen molar-refractivity contribution in [2.24, 2.45) is 0 Å². The fourth-order valence-corrected chi connectivity index (χ4v) is 1.57. The van der Waals surface area contributed by atoms with E-state index in [0.29, 0.717) is 11.3 Å². The number of nitrogens with one attached hydrogen (secondary N) is 2. The zero-order valence-electron chi connectivity index (χ0n) is 8.66. The van der Waals surface area contributed by atoms with Crippen LogP contribution in [0.2, 0.25) is 0 Å². The van der Waals surface area contributed by atoms with Gasteiger partial charge >= 0.3 is 5.97 Å². The lowest BCUT2D eigenvalue weighted by Gasteiger charge is -2.00. The molecule has 0 fully saturated rings. The lowest BCUT2D eigenvalue weighted by Crippen LogP contribution is -2.11. The van der Waals surface area contributed by atoms with E-state index in [4.69, 9.17) is 5.11 Å². The largest absolute Gasteiger partial charge is 0.481 e. The van der Waals surface area contributed by atoms with Crippen LogP contribution in [0.25, 0.3) is 11.3 Å². The van der Waals surface area contributed by atoms with E-state index in [2.05, 4.69) is 10.2 Å². The first kappa shape index (κ1) is 11.1. The minimum absolute atomic E-state index is 0.129. The third-order valence-electron chi connectivity index (χ3n) is 2.34. The Kier molecular flexibility index (Phi) is 2.78. The second-order valence-corrected chi connectivity index (χ2v) is 3.51. The standard InChI is InChI=1S/C11H9FN2O3/c12-7-3-1-6(2-4-7)10-8(5-9(15)16)11(17)14-13-10/h1-4H,5H2,(H,15,16)(H2,13,14,17). The summed E-state index contributed by atoms with van der Waals surface area (Å²) in [4.78, 5) is 22.0. The van der Waals surface area contributed by atoms with E-state index in [1.165, 1.54) is 24.3 Å². The maximum absolute atomic E-state index is 12.7. The molecular formula is C11H9FN2O3. The Bertz CT molecular complexity index is 598. The summed E-state index contributed by atoms with van der Waals surface area (Å²) in [6.45, 7) is 0. The van der Waals surface area contributed by atoms with Gasteiger partial charge in [0.05, 0.1) is 17.7 Å². The highest BCUT2D eigenvalue weighted by molar-refractivity contribution is 5.74. The smallest absolute Gasteiger partial charge is 0.308 e. The van der Waals surface area contributed by atoms with Crippen LogP contribution < -0.4 is 5.56 Å². The Morgan fingerprint density at radius 3 is 2.47 bits per heavy atom. The van der Waals surface area contributed by atoms with Crippen LogP contribution in [0.3, 0.4) is 0 Å². The Morgan fingerprint density at radius 1 is 1.24 bits per heavy atom. The Hall–Kier alpha value is -2.37. The molecule has 0 unspecified atom stereocenters. The number of benzene rings is 1. The number of halogens is 1. The van der Waals surface area contributed by atoms with Gasteiger partial charge in [0.1, 0.15) is 5.82 Å². The first-order valence-electron chi connectivity index (χ1n) is 4.85. The maximum atomic E-state index is 12.7. The summed E-state index contributed by atoms with van der Waals surface area (Å²) in [6, 6.07) is 5.43. The number of carbonyl (C=O) groups is 1. The van der Waals surface area contributed by atoms with Crippen LogP contribution in [0.4, 0.5) is 4.39 Å². The van der Waals surface area contributed by atoms with Crippen LogP contribution >= 0.6 is 0 Å². The summed E-state index contributed by atoms with van der Waals surface area (Å²) in [5, 5.41) is 13.6. The minimum Gasteiger partial charge on any atom is -0.481 e. The molecule has 2 rings (SSSR count). The molecule has 2 aromatic rings. The van der Waals surface area contributed by atoms with Crippen molar-refractivity contribution < 1.29 is 14.3 Å². The van der Waals surface area contributed by atoms with Crippen LogP contribution in [0.1, 0.15) is 5.56 Å². The van der Waals surface area contributed by atoms with Gasteiger partial charge in [-0.2, -0.15) is 0 Å². The maximum Gasteiger partial charge on any atom is 0.308 e. The van der Waals surface area contributed by atoms with E-state index in [9.17, 15) is 14.0 Å². The van der Waals surface area contributed by atoms with Crippen LogP contribution in [0.15, 0.2) is 29.1 Å². The van der Waals surface area contributed by atoms with Gasteiger partial charge in [0.25, 0.3) is 5.56 Å². The molecule has 17 heavy (non-hydrogen) atoms. The molecule has 0 saturated carbocycles. The number of rotatable bonds is 3. The van der Waals surface area contributed by atoms with Gasteiger partial charge in [-0.25, -0.2) is 4.39 Å². The fourth-order valence-electron chi connectivity index (χ4n) is 1.57. The quantitative estimate of drug-likeness (QED) is 0.746. The van der Waals surface area contributed by atoms with Gasteiger partial charge in [0, 0.05) is 5.56 Å². The summed E-state index contributed by atoms with van der Waals surface area (Å²) in [5.74, 6) is -1.50. The molecule has 88 valence electrons. The molecule has 0 aliphatic carbocycles. The normalized spacial score (nSPS) is 10.4. The average Bonchev–Trinajstić information content (AvgIpc) is 2.61. The highest BCUT2D eigenvalue weighted by Gasteiger charge is 2.14. The number of aromatic nitrogens is 2. The van der Waals surface area contributed by atoms with Gasteiger partial charge in [-0.05, 0) is 24.3 Å². The van der Waals surface area contributed by atoms with Gasteiger partial charge < -0.3 is 5.11 Å². The van der Waals surface area contributed by atoms with Crippen LogP contribution in [-0.2, 0) is 11.2 Å². The van der Waals surface area contributed by atoms with Gasteiger partial charge in [-0.3, -0.25) is 19.8 Å². The van der Waals surface area contributed by atoms with Crippen molar-refractivity contribution in [2.75, 3.05) is 0 Å². The molecule has 1 aromatic heterocycles. The average molecular weight is 236 g/mol. The third-order valence-corrected chi connectivity index (χ3v) is 2.34. The number of hydrogen-bond acceptors (Lipinski definition) is 2. The zero-order chi connectivity index (χ0) is 12.4. The summed E-state index contributed by atoms with van der Waals surface area (Å²) < 4.78 is 12.7. The molecule has 0 aliphatic heterocycles. The highest BCUT2D eigenvalue weighted by Crippen LogP contribution is 2.19. The van der Waals surface area contributed by atoms with Crippen LogP contribution in [0.5, 0.6) is 0 Å². The number of hydrogen-bond donors (Lipinski definition) is 3. The molecule has 0 radical (unpaired) electrons. The molecule has 1 heterocycles. The summed E-state index contributed by atoms with van der Waals surface area (Å²) in [7, 11) is 0. The Balaban J connectivity index is 2.48. The second-order valence-electron chi connectivity index (χ2n) is 3.51. The van der Waals surface area contributed by atoms with E-state index in [0.717, 1.165) is 0 Å². The summed E-state index contributed by atoms with van der Waals surface area (Å²) >= 11 is 0. The number of H-pyrrole nitrogens is 2. The predicted octanol–water partition coefficient (Wildman–Crippen LogP) is 1.14. The molecule has 5 nitrogen and oxygen atoms in total. The predicted molar refractivity (Wildman–Crippen MR) is 58.1 cm³/mol. The number of aromatic amines is 2. The summed E-state index contributed by atoms with van der Waals surface area (Å²) in [5.41, 5.74) is 0.578. The molecule has 6 heteroatoms. The lowest BCUT2D eigenvalue weighted by atomic mass is 10.1. The zero-order valence-corrected chi connectivity index (χ0v) is 8.66. The van der Waals surface area contributed by atoms with E-state index in [-0.39, 0.29) is 12.0 Å². The topological polar surface area (TPSA) is 85.9 Å². The molecule has 0 atom stereocenters. The molecule has 3 N–H and O–H groups in total. The SMILES string of the molecule is O=C(O)Cc1c(-c2ccc(F)cc2)[nH][nH]c1=O. The minimum atomic E-state index is -1.10. The van der Waals surface area contributed by atoms with Gasteiger partial charge in [0.15, 0.2) is 0 Å². The fraction of sp³-hybridized carbons (Fsp3) is 0.0909. The van der Waals surface area contributed by atoms with E-state index >= 15 is 0 Å². The van der Waals surface area contributed by atoms with Crippen molar-refractivity contribution in [1.29, 1.82) is 0 Å². The molecule has 0 saturated heterocycles. The van der Waals surface area contributed by atoms with Gasteiger partial charge in [0.2, 0.25) is 0 Å². The molecule has 0 spiro atoms. The highest BCUT2D eigenvalue weighted by atomic mass is 19.1. The molecular weight excluding hydrogens is 227 g/mol. The monoisotopic (exact) mass is 236 g/mol. The number of carboxylic acids is 1. The van der Waals surface area contributed by atoms with Crippen molar-refractivity contribution >= 4 is 5.97 Å². The van der Waals surface area contributed by atoms with E-state index in [1.54, 1.807) is 0 Å². The molecule has 0 amide bonds. The third kappa shape index (κ3) is 2.25. The van der Waals surface area contributed by atoms with Crippen molar-refractivity contribution in [2.45, 2.75) is 6.42 Å². The first-order valence-corrected chi connectivity index (χ1v) is 4.85.